The highest BCUT2D eigenvalue weighted by Gasteiger charge is 2.47. The normalized spacial score (nSPS) is 16.9. The van der Waals surface area contributed by atoms with Gasteiger partial charge in [-0.1, -0.05) is 200 Å². The molecule has 0 spiro atoms. The SMILES string of the molecule is c1ccc2c(c1)-c1c(c3c(c4c1[C@H](c1ccc5ccccc5c1)c1ccccc1-4)[C@H](c1ccc4ccccc4c1)c1ccccc1-3)[C@@H]2c1ccc2ccccc2c1. The molecule has 0 aliphatic heterocycles. The topological polar surface area (TPSA) is 0 Å². The smallest absolute Gasteiger partial charge is 0.0358 e. The Morgan fingerprint density at radius 3 is 0.807 bits per heavy atom. The van der Waals surface area contributed by atoms with Gasteiger partial charge in [-0.15, -0.1) is 0 Å². The maximum atomic E-state index is 2.46. The summed E-state index contributed by atoms with van der Waals surface area (Å²) in [5.41, 5.74) is 21.1. The van der Waals surface area contributed by atoms with Gasteiger partial charge in [0.2, 0.25) is 0 Å². The molecule has 0 bridgehead atoms. The zero-order valence-corrected chi connectivity index (χ0v) is 31.3. The Bertz CT molecular complexity index is 2950. The van der Waals surface area contributed by atoms with Crippen LogP contribution in [0, 0.1) is 0 Å². The van der Waals surface area contributed by atoms with Crippen molar-refractivity contribution in [1.29, 1.82) is 0 Å². The van der Waals surface area contributed by atoms with Crippen LogP contribution in [0.4, 0.5) is 0 Å². The quantitative estimate of drug-likeness (QED) is 0.170. The first kappa shape index (κ1) is 31.2. The second-order valence-corrected chi connectivity index (χ2v) is 16.2. The molecule has 0 saturated heterocycles. The van der Waals surface area contributed by atoms with E-state index in [9.17, 15) is 0 Å². The highest BCUT2D eigenvalue weighted by atomic mass is 14.5. The maximum Gasteiger partial charge on any atom is 0.0358 e. The van der Waals surface area contributed by atoms with Crippen LogP contribution in [0.2, 0.25) is 0 Å². The highest BCUT2D eigenvalue weighted by molar-refractivity contribution is 6.05. The lowest BCUT2D eigenvalue weighted by atomic mass is 9.77. The summed E-state index contributed by atoms with van der Waals surface area (Å²) >= 11 is 0. The number of hydrogen-bond donors (Lipinski definition) is 0. The Morgan fingerprint density at radius 1 is 0.228 bits per heavy atom. The van der Waals surface area contributed by atoms with E-state index in [-0.39, 0.29) is 17.8 Å². The van der Waals surface area contributed by atoms with Crippen molar-refractivity contribution in [2.75, 3.05) is 0 Å². The summed E-state index contributed by atoms with van der Waals surface area (Å²) in [4.78, 5) is 0. The molecule has 0 nitrogen and oxygen atoms in total. The minimum Gasteiger partial charge on any atom is -0.0619 e. The zero-order valence-electron chi connectivity index (χ0n) is 31.3. The molecule has 0 heteroatoms. The third kappa shape index (κ3) is 4.33. The first-order valence-corrected chi connectivity index (χ1v) is 20.3. The van der Waals surface area contributed by atoms with Gasteiger partial charge >= 0.3 is 0 Å². The van der Waals surface area contributed by atoms with Gasteiger partial charge in [0.25, 0.3) is 0 Å². The summed E-state index contributed by atoms with van der Waals surface area (Å²) in [6, 6.07) is 76.0. The molecule has 0 N–H and O–H groups in total. The Labute approximate surface area is 332 Å². The molecular formula is C57H36. The van der Waals surface area contributed by atoms with E-state index in [1.807, 2.05) is 0 Å². The van der Waals surface area contributed by atoms with Gasteiger partial charge < -0.3 is 0 Å². The van der Waals surface area contributed by atoms with Crippen molar-refractivity contribution in [2.45, 2.75) is 17.8 Å². The summed E-state index contributed by atoms with van der Waals surface area (Å²) in [7, 11) is 0. The van der Waals surface area contributed by atoms with Crippen LogP contribution in [0.1, 0.15) is 67.8 Å². The molecule has 3 atom stereocenters. The summed E-state index contributed by atoms with van der Waals surface area (Å²) < 4.78 is 0. The standard InChI is InChI=1S/C57H36/c1-4-16-37-31-40(28-25-34(37)13-1)49-43-19-7-10-22-46(43)52-55(49)53-47-23-11-8-20-44(47)50(41-29-26-35-14-2-5-17-38(35)32-41)57(53)54-48-24-12-9-21-45(48)51(56(52)54)42-30-27-36-15-3-6-18-39(36)33-42/h1-33,49-51H/t49-,50-,51-/m1/s1. The van der Waals surface area contributed by atoms with Crippen LogP contribution in [0.5, 0.6) is 0 Å². The molecule has 0 aromatic heterocycles. The van der Waals surface area contributed by atoms with Gasteiger partial charge in [-0.25, -0.2) is 0 Å². The summed E-state index contributed by atoms with van der Waals surface area (Å²) in [6.45, 7) is 0. The number of benzene rings is 10. The van der Waals surface area contributed by atoms with Gasteiger partial charge in [0.15, 0.2) is 0 Å². The molecule has 0 heterocycles. The van der Waals surface area contributed by atoms with Gasteiger partial charge in [0.05, 0.1) is 0 Å². The van der Waals surface area contributed by atoms with E-state index in [1.165, 1.54) is 116 Å². The molecular weight excluding hydrogens is 685 g/mol. The first-order chi connectivity index (χ1) is 28.3. The monoisotopic (exact) mass is 720 g/mol. The number of fused-ring (bicyclic) bond motifs is 15. The Balaban J connectivity index is 1.20. The average molecular weight is 721 g/mol. The average Bonchev–Trinajstić information content (AvgIpc) is 3.92. The van der Waals surface area contributed by atoms with Crippen molar-refractivity contribution in [3.63, 3.8) is 0 Å². The van der Waals surface area contributed by atoms with Crippen molar-refractivity contribution in [3.05, 3.63) is 250 Å². The second kappa shape index (κ2) is 11.7. The maximum absolute atomic E-state index is 2.46. The van der Waals surface area contributed by atoms with Gasteiger partial charge in [-0.2, -0.15) is 0 Å². The molecule has 10 aromatic carbocycles. The molecule has 3 aliphatic carbocycles. The fourth-order valence-corrected chi connectivity index (χ4v) is 11.1. The van der Waals surface area contributed by atoms with E-state index in [1.54, 1.807) is 0 Å². The number of hydrogen-bond acceptors (Lipinski definition) is 0. The summed E-state index contributed by atoms with van der Waals surface area (Å²) in [5.74, 6) is 0.262. The third-order valence-corrected chi connectivity index (χ3v) is 13.4. The molecule has 0 fully saturated rings. The van der Waals surface area contributed by atoms with Crippen molar-refractivity contribution in [2.24, 2.45) is 0 Å². The summed E-state index contributed by atoms with van der Waals surface area (Å²) in [5, 5.41) is 7.69. The molecule has 0 radical (unpaired) electrons. The van der Waals surface area contributed by atoms with E-state index >= 15 is 0 Å². The first-order valence-electron chi connectivity index (χ1n) is 20.3. The van der Waals surface area contributed by atoms with E-state index in [4.69, 9.17) is 0 Å². The van der Waals surface area contributed by atoms with Crippen molar-refractivity contribution < 1.29 is 0 Å². The van der Waals surface area contributed by atoms with E-state index in [0.717, 1.165) is 0 Å². The van der Waals surface area contributed by atoms with Crippen LogP contribution < -0.4 is 0 Å². The van der Waals surface area contributed by atoms with Crippen LogP contribution in [0.25, 0.3) is 65.7 Å². The molecule has 264 valence electrons. The third-order valence-electron chi connectivity index (χ3n) is 13.4. The van der Waals surface area contributed by atoms with Crippen molar-refractivity contribution >= 4 is 32.3 Å². The lowest BCUT2D eigenvalue weighted by Gasteiger charge is -2.25. The molecule has 3 aliphatic rings. The lowest BCUT2D eigenvalue weighted by Crippen LogP contribution is -2.08. The fraction of sp³-hybridized carbons (Fsp3) is 0.0526. The molecule has 0 amide bonds. The fourth-order valence-electron chi connectivity index (χ4n) is 11.1. The summed E-state index contributed by atoms with van der Waals surface area (Å²) in [6.07, 6.45) is 0. The van der Waals surface area contributed by atoms with E-state index in [2.05, 4.69) is 200 Å². The highest BCUT2D eigenvalue weighted by Crippen LogP contribution is 2.66. The zero-order chi connectivity index (χ0) is 37.2. The van der Waals surface area contributed by atoms with Gasteiger partial charge in [0.1, 0.15) is 0 Å². The van der Waals surface area contributed by atoms with Gasteiger partial charge in [-0.3, -0.25) is 0 Å². The largest absolute Gasteiger partial charge is 0.0619 e. The molecule has 0 unspecified atom stereocenters. The van der Waals surface area contributed by atoms with E-state index in [0.29, 0.717) is 0 Å². The minimum absolute atomic E-state index is 0.0873. The van der Waals surface area contributed by atoms with Crippen LogP contribution in [-0.4, -0.2) is 0 Å². The molecule has 0 saturated carbocycles. The minimum atomic E-state index is 0.0873. The lowest BCUT2D eigenvalue weighted by molar-refractivity contribution is 0.981. The number of rotatable bonds is 3. The second-order valence-electron chi connectivity index (χ2n) is 16.2. The van der Waals surface area contributed by atoms with Crippen LogP contribution in [0.3, 0.4) is 0 Å². The predicted octanol–water partition coefficient (Wildman–Crippen LogP) is 14.6. The molecule has 13 rings (SSSR count). The Hall–Kier alpha value is -7.02. The van der Waals surface area contributed by atoms with Gasteiger partial charge in [0, 0.05) is 17.8 Å². The predicted molar refractivity (Wildman–Crippen MR) is 237 cm³/mol. The van der Waals surface area contributed by atoms with Crippen molar-refractivity contribution in [1.82, 2.24) is 0 Å². The van der Waals surface area contributed by atoms with Crippen LogP contribution in [0.15, 0.2) is 200 Å². The van der Waals surface area contributed by atoms with Gasteiger partial charge in [-0.05, 0) is 116 Å². The van der Waals surface area contributed by atoms with Crippen molar-refractivity contribution in [3.8, 4) is 33.4 Å². The Morgan fingerprint density at radius 2 is 0.491 bits per heavy atom. The Kier molecular flexibility index (Phi) is 6.43. The van der Waals surface area contributed by atoms with Crippen LogP contribution >= 0.6 is 0 Å². The molecule has 10 aromatic rings. The van der Waals surface area contributed by atoms with E-state index < -0.39 is 0 Å². The molecule has 57 heavy (non-hydrogen) atoms. The van der Waals surface area contributed by atoms with Crippen LogP contribution in [-0.2, 0) is 0 Å².